The van der Waals surface area contributed by atoms with Crippen LogP contribution in [-0.4, -0.2) is 231 Å². The average Bonchev–Trinajstić information content (AvgIpc) is 1.64. The lowest BCUT2D eigenvalue weighted by Gasteiger charge is -2.38. The van der Waals surface area contributed by atoms with Gasteiger partial charge in [-0.1, -0.05) is 0 Å². The molecule has 1 aliphatic carbocycles. The second-order valence-corrected chi connectivity index (χ2v) is 41.4. The molecule has 21 rings (SSSR count). The van der Waals surface area contributed by atoms with Gasteiger partial charge < -0.3 is 70.8 Å². The number of alkyl halides is 2. The number of fused-ring (bicyclic) bond motifs is 7. The van der Waals surface area contributed by atoms with Crippen molar-refractivity contribution in [1.29, 1.82) is 0 Å². The lowest BCUT2D eigenvalue weighted by Crippen LogP contribution is -2.49. The van der Waals surface area contributed by atoms with Crippen molar-refractivity contribution < 1.29 is 75.4 Å². The van der Waals surface area contributed by atoms with Crippen LogP contribution in [0.3, 0.4) is 0 Å². The number of hydrogen-bond donors (Lipinski definition) is 1. The third kappa shape index (κ3) is 22.8. The zero-order valence-corrected chi connectivity index (χ0v) is 83.3. The summed E-state index contributed by atoms with van der Waals surface area (Å²) in [6.45, 7) is 29.9. The number of nitrogens with one attached hydrogen (secondary N) is 1. The lowest BCUT2D eigenvalue weighted by molar-refractivity contribution is -0.0933. The van der Waals surface area contributed by atoms with Crippen LogP contribution in [0.4, 0.5) is 8.78 Å². The maximum absolute atomic E-state index is 13.4. The Morgan fingerprint density at radius 3 is 1.09 bits per heavy atom. The van der Waals surface area contributed by atoms with E-state index in [4.69, 9.17) is 42.6 Å². The fraction of sp³-hybridized carbons (Fsp3) is 0.417. The second-order valence-electron chi connectivity index (χ2n) is 36.3. The lowest BCUT2D eigenvalue weighted by atomic mass is 9.87. The standard InChI is InChI=1S/C22H27N3O3S.C21H22F2N2O2S.C21H23N3O3S.C20H23N3O2S.C19H20N2O4S/c1-15-11-17-12-18(20(26)16-5-6-19(27-4)23-13-16)29-21(17)25(15)8-7-24-9-10-28-22(2,3)14-24;1-13-9-16-10-17(19(26)15-3-4-18(27-2)24-11-15)28-20(16)25(13)12-14-5-7-21(22,23)8-6-14;1-13-7-15-8-18(20(25)14-3-4-19(26-2)22-10-14)28-21(15)24(13)6-5-23-11-17-9-16(23)12-27-17;1-13-9-16-10-17(19(24)15-3-4-18(25-2)22-11-15)26-20(16)23(13)12-14-5-7-21-8-6-14;1-12-7-14-8-16(18(22)13-3-4-17(23-2)20-9-13)26-19(14)21(12)10-15-11-24-5-6-25-15/h5-6,11-13H,7-10,14H2,1-4H3;3-4,9-11,14H,5-8,12H2,1-2H3;3-4,7-8,10,16-17H,5-6,9,11-12H2,1-2H3;3-4,9-11,14,21H,5-8,12H2,1-2H3;3-4,7-9,15H,5-6,10-11H2,1-2H3. The molecule has 15 aromatic rings. The fourth-order valence-corrected chi connectivity index (χ4v) is 24.7. The van der Waals surface area contributed by atoms with E-state index in [1.807, 2.05) is 37.3 Å². The van der Waals surface area contributed by atoms with E-state index < -0.39 is 5.92 Å². The van der Waals surface area contributed by atoms with Crippen LogP contribution in [-0.2, 0) is 51.7 Å². The Morgan fingerprint density at radius 2 is 0.774 bits per heavy atom. The first-order valence-corrected chi connectivity index (χ1v) is 50.5. The van der Waals surface area contributed by atoms with Gasteiger partial charge in [-0.2, -0.15) is 0 Å². The quantitative estimate of drug-likeness (QED) is 0.0468. The number of ether oxygens (including phenoxy) is 9. The highest BCUT2D eigenvalue weighted by molar-refractivity contribution is 7.22. The molecular formula is C103H115F2N13O14S5. The molecule has 15 aromatic heterocycles. The number of carbonyl (C=O) groups is 5. The van der Waals surface area contributed by atoms with Gasteiger partial charge in [0.05, 0.1) is 117 Å². The average molecular weight is 1960 g/mol. The number of hydrogen-bond acceptors (Lipinski definition) is 27. The molecule has 5 aliphatic heterocycles. The van der Waals surface area contributed by atoms with Crippen molar-refractivity contribution in [3.63, 3.8) is 0 Å². The van der Waals surface area contributed by atoms with E-state index in [9.17, 15) is 32.8 Å². The van der Waals surface area contributed by atoms with Crippen LogP contribution in [0.25, 0.3) is 51.1 Å². The molecule has 20 heterocycles. The van der Waals surface area contributed by atoms with E-state index in [0.29, 0.717) is 118 Å². The van der Waals surface area contributed by atoms with Gasteiger partial charge >= 0.3 is 0 Å². The first kappa shape index (κ1) is 97.5. The summed E-state index contributed by atoms with van der Waals surface area (Å²) in [5, 5.41) is 8.95. The van der Waals surface area contributed by atoms with Crippen LogP contribution >= 0.6 is 56.7 Å². The zero-order chi connectivity index (χ0) is 95.9. The van der Waals surface area contributed by atoms with Crippen molar-refractivity contribution in [1.82, 2.24) is 62.9 Å². The van der Waals surface area contributed by atoms with Crippen LogP contribution in [0.15, 0.2) is 152 Å². The van der Waals surface area contributed by atoms with Crippen LogP contribution in [0.2, 0.25) is 0 Å². The Morgan fingerprint density at radius 1 is 0.423 bits per heavy atom. The smallest absolute Gasteiger partial charge is 0.248 e. The molecule has 0 spiro atoms. The van der Waals surface area contributed by atoms with Crippen molar-refractivity contribution in [3.8, 4) is 29.4 Å². The SMILES string of the molecule is COc1ccc(C(=O)c2cc3cc(C)n(CC4CCC(F)(F)CC4)c3s2)cn1.COc1ccc(C(=O)c2cc3cc(C)n(CC4CCNCC4)c3s2)cn1.COc1ccc(C(=O)c2cc3cc(C)n(CC4COCCO4)c3s2)cn1.COc1ccc(C(=O)c2cc3cc(C)n(CCN4CC5CC4CO5)c3s2)cn1.COc1ccc(C(=O)c2cc3cc(C)n(CCN4CCOC(C)(C)C4)c3s2)cn1. The summed E-state index contributed by atoms with van der Waals surface area (Å²) in [5.74, 6) is 0.875. The molecule has 720 valence electrons. The summed E-state index contributed by atoms with van der Waals surface area (Å²) in [4.78, 5) is 99.1. The Labute approximate surface area is 813 Å². The van der Waals surface area contributed by atoms with Gasteiger partial charge in [0.2, 0.25) is 64.2 Å². The van der Waals surface area contributed by atoms with Gasteiger partial charge in [0.1, 0.15) is 24.2 Å². The van der Waals surface area contributed by atoms with E-state index >= 15 is 0 Å². The zero-order valence-electron chi connectivity index (χ0n) is 79.2. The van der Waals surface area contributed by atoms with E-state index in [2.05, 4.69) is 135 Å². The number of aryl methyl sites for hydroxylation is 5. The minimum Gasteiger partial charge on any atom is -0.481 e. The van der Waals surface area contributed by atoms with Gasteiger partial charge in [-0.25, -0.2) is 33.7 Å². The van der Waals surface area contributed by atoms with Crippen LogP contribution in [0.1, 0.15) is 163 Å². The Balaban J connectivity index is 0.000000119. The van der Waals surface area contributed by atoms with E-state index in [0.717, 1.165) is 159 Å². The molecule has 2 bridgehead atoms. The molecule has 0 radical (unpaired) electrons. The minimum atomic E-state index is -2.51. The predicted octanol–water partition coefficient (Wildman–Crippen LogP) is 19.1. The molecule has 1 N–H and O–H groups in total. The number of methoxy groups -OCH3 is 5. The summed E-state index contributed by atoms with van der Waals surface area (Å²) in [7, 11) is 7.79. The number of piperidine rings is 1. The highest BCUT2D eigenvalue weighted by Gasteiger charge is 2.40. The molecule has 1 saturated carbocycles. The number of aromatic nitrogens is 10. The number of nitrogens with zero attached hydrogens (tertiary/aromatic N) is 12. The van der Waals surface area contributed by atoms with Gasteiger partial charge in [0, 0.05) is 222 Å². The number of thiophene rings is 5. The molecule has 27 nitrogen and oxygen atoms in total. The third-order valence-electron chi connectivity index (χ3n) is 26.3. The number of rotatable bonds is 27. The number of ketones is 5. The number of halogens is 2. The third-order valence-corrected chi connectivity index (χ3v) is 32.1. The number of likely N-dealkylation sites (tertiary alicyclic amines) is 1. The molecule has 137 heavy (non-hydrogen) atoms. The van der Waals surface area contributed by atoms with Gasteiger partial charge in [-0.3, -0.25) is 33.8 Å². The molecule has 0 aromatic carbocycles. The molecule has 3 atom stereocenters. The topological polar surface area (TPSA) is 276 Å². The maximum atomic E-state index is 13.4. The summed E-state index contributed by atoms with van der Waals surface area (Å²) in [6, 6.07) is 38.4. The molecule has 0 amide bonds. The van der Waals surface area contributed by atoms with Crippen molar-refractivity contribution in [2.45, 2.75) is 156 Å². The van der Waals surface area contributed by atoms with Crippen LogP contribution in [0.5, 0.6) is 29.4 Å². The first-order chi connectivity index (χ1) is 66.1. The summed E-state index contributed by atoms with van der Waals surface area (Å²) in [6.07, 6.45) is 12.9. The van der Waals surface area contributed by atoms with Gasteiger partial charge in [-0.15, -0.1) is 56.7 Å². The largest absolute Gasteiger partial charge is 0.481 e. The Hall–Kier alpha value is -11.1. The maximum Gasteiger partial charge on any atom is 0.248 e. The molecule has 3 unspecified atom stereocenters. The monoisotopic (exact) mass is 1960 g/mol. The number of carbonyl (C=O) groups excluding carboxylic acids is 5. The molecule has 34 heteroatoms. The second kappa shape index (κ2) is 43.1. The van der Waals surface area contributed by atoms with Gasteiger partial charge in [0.25, 0.3) is 0 Å². The van der Waals surface area contributed by atoms with Crippen molar-refractivity contribution >= 4 is 137 Å². The number of pyridine rings is 5. The fourth-order valence-electron chi connectivity index (χ4n) is 18.8. The number of morpholine rings is 2. The van der Waals surface area contributed by atoms with Crippen molar-refractivity contribution in [2.75, 3.05) is 114 Å². The summed E-state index contributed by atoms with van der Waals surface area (Å²) < 4.78 is 86.4. The van der Waals surface area contributed by atoms with E-state index in [-0.39, 0.29) is 59.4 Å². The molecule has 5 saturated heterocycles. The van der Waals surface area contributed by atoms with Crippen molar-refractivity contribution in [3.05, 3.63) is 233 Å². The Bertz CT molecular complexity index is 6610. The highest BCUT2D eigenvalue weighted by Crippen LogP contribution is 2.42. The van der Waals surface area contributed by atoms with Gasteiger partial charge in [-0.05, 0) is 196 Å². The van der Waals surface area contributed by atoms with Crippen molar-refractivity contribution in [2.24, 2.45) is 11.8 Å². The normalized spacial score (nSPS) is 17.8. The molecule has 6 aliphatic rings. The van der Waals surface area contributed by atoms with Crippen LogP contribution < -0.4 is 29.0 Å². The van der Waals surface area contributed by atoms with E-state index in [1.54, 1.807) is 148 Å². The van der Waals surface area contributed by atoms with Gasteiger partial charge in [0.15, 0.2) is 0 Å². The molecule has 6 fully saturated rings. The summed E-state index contributed by atoms with van der Waals surface area (Å²) in [5.41, 5.74) is 8.74. The van der Waals surface area contributed by atoms with E-state index in [1.165, 1.54) is 82.0 Å². The highest BCUT2D eigenvalue weighted by atomic mass is 32.1. The summed E-state index contributed by atoms with van der Waals surface area (Å²) >= 11 is 7.66. The first-order valence-electron chi connectivity index (χ1n) is 46.4. The Kier molecular flexibility index (Phi) is 30.7. The molecular weight excluding hydrogens is 1840 g/mol. The predicted molar refractivity (Wildman–Crippen MR) is 533 cm³/mol. The minimum absolute atomic E-state index is 0.000449. The van der Waals surface area contributed by atoms with Crippen LogP contribution in [0, 0.1) is 46.5 Å².